The van der Waals surface area contributed by atoms with Gasteiger partial charge in [-0.15, -0.1) is 4.91 Å². The zero-order chi connectivity index (χ0) is 18.9. The van der Waals surface area contributed by atoms with Crippen molar-refractivity contribution in [2.75, 3.05) is 5.43 Å². The van der Waals surface area contributed by atoms with Crippen LogP contribution in [0.25, 0.3) is 10.9 Å². The fraction of sp³-hybridized carbons (Fsp3) is 0.526. The van der Waals surface area contributed by atoms with E-state index in [-0.39, 0.29) is 11.7 Å². The van der Waals surface area contributed by atoms with E-state index in [9.17, 15) is 14.5 Å². The molecular weight excluding hydrogens is 332 g/mol. The molecular formula is C19H24N4O3. The normalized spacial score (nSPS) is 17.0. The van der Waals surface area contributed by atoms with E-state index in [1.54, 1.807) is 45.0 Å². The van der Waals surface area contributed by atoms with Crippen LogP contribution in [0.15, 0.2) is 34.2 Å². The minimum atomic E-state index is -1.09. The molecule has 1 aromatic carbocycles. The molecule has 0 spiro atoms. The quantitative estimate of drug-likeness (QED) is 0.853. The SMILES string of the molecule is CC(C)(C)C(=O)Nn1c(C2(N=O)CCCCC2)nc2ccccc2c1=O. The van der Waals surface area contributed by atoms with E-state index < -0.39 is 16.5 Å². The molecule has 138 valence electrons. The molecule has 0 saturated heterocycles. The van der Waals surface area contributed by atoms with Crippen molar-refractivity contribution in [3.63, 3.8) is 0 Å². The molecule has 0 radical (unpaired) electrons. The largest absolute Gasteiger partial charge is 0.280 e. The molecule has 1 aliphatic rings. The predicted octanol–water partition coefficient (Wildman–Crippen LogP) is 3.44. The average molecular weight is 356 g/mol. The Bertz CT molecular complexity index is 905. The van der Waals surface area contributed by atoms with Crippen LogP contribution in [-0.4, -0.2) is 15.6 Å². The highest BCUT2D eigenvalue weighted by Crippen LogP contribution is 2.39. The highest BCUT2D eigenvalue weighted by molar-refractivity contribution is 5.89. The number of carbonyl (C=O) groups excluding carboxylic acids is 1. The number of aromatic nitrogens is 2. The number of amides is 1. The average Bonchev–Trinajstić information content (AvgIpc) is 2.63. The van der Waals surface area contributed by atoms with Gasteiger partial charge >= 0.3 is 0 Å². The lowest BCUT2D eigenvalue weighted by atomic mass is 9.81. The Morgan fingerprint density at radius 3 is 2.46 bits per heavy atom. The Morgan fingerprint density at radius 2 is 1.85 bits per heavy atom. The number of fused-ring (bicyclic) bond motifs is 1. The Hall–Kier alpha value is -2.57. The van der Waals surface area contributed by atoms with Gasteiger partial charge in [-0.25, -0.2) is 4.98 Å². The summed E-state index contributed by atoms with van der Waals surface area (Å²) in [5.74, 6) is -0.0942. The molecule has 0 unspecified atom stereocenters. The fourth-order valence-corrected chi connectivity index (χ4v) is 3.31. The lowest BCUT2D eigenvalue weighted by molar-refractivity contribution is -0.124. The van der Waals surface area contributed by atoms with Crippen LogP contribution >= 0.6 is 0 Å². The van der Waals surface area contributed by atoms with Crippen molar-refractivity contribution >= 4 is 16.8 Å². The standard InChI is InChI=1S/C19H24N4O3/c1-18(2,3)17(25)21-23-15(24)13-9-5-6-10-14(13)20-16(23)19(22-26)11-7-4-8-12-19/h5-6,9-10H,4,7-8,11-12H2,1-3H3,(H,21,25). The fourth-order valence-electron chi connectivity index (χ4n) is 3.31. The lowest BCUT2D eigenvalue weighted by Gasteiger charge is -2.32. The van der Waals surface area contributed by atoms with E-state index in [2.05, 4.69) is 15.6 Å². The van der Waals surface area contributed by atoms with E-state index in [1.165, 1.54) is 0 Å². The van der Waals surface area contributed by atoms with Gasteiger partial charge in [-0.05, 0) is 25.0 Å². The van der Waals surface area contributed by atoms with Crippen LogP contribution in [0.1, 0.15) is 58.7 Å². The minimum absolute atomic E-state index is 0.230. The zero-order valence-electron chi connectivity index (χ0n) is 15.4. The van der Waals surface area contributed by atoms with Gasteiger partial charge in [0.05, 0.1) is 10.9 Å². The van der Waals surface area contributed by atoms with E-state index in [1.807, 2.05) is 0 Å². The van der Waals surface area contributed by atoms with E-state index in [0.29, 0.717) is 23.7 Å². The Labute approximate surface area is 151 Å². The van der Waals surface area contributed by atoms with Crippen molar-refractivity contribution in [3.05, 3.63) is 45.4 Å². The summed E-state index contributed by atoms with van der Waals surface area (Å²) in [6.07, 6.45) is 3.73. The third-order valence-electron chi connectivity index (χ3n) is 4.94. The van der Waals surface area contributed by atoms with Crippen LogP contribution in [0.5, 0.6) is 0 Å². The van der Waals surface area contributed by atoms with Gasteiger partial charge in [0.2, 0.25) is 5.91 Å². The van der Waals surface area contributed by atoms with Gasteiger partial charge in [-0.1, -0.05) is 57.3 Å². The van der Waals surface area contributed by atoms with Crippen molar-refractivity contribution in [1.29, 1.82) is 0 Å². The summed E-state index contributed by atoms with van der Waals surface area (Å²) in [5.41, 5.74) is 0.993. The molecule has 1 fully saturated rings. The molecule has 1 amide bonds. The van der Waals surface area contributed by atoms with Gasteiger partial charge < -0.3 is 0 Å². The van der Waals surface area contributed by atoms with E-state index in [4.69, 9.17) is 0 Å². The third kappa shape index (κ3) is 3.13. The number of rotatable bonds is 3. The van der Waals surface area contributed by atoms with Crippen molar-refractivity contribution in [3.8, 4) is 0 Å². The highest BCUT2D eigenvalue weighted by atomic mass is 16.3. The Balaban J connectivity index is 2.25. The number of carbonyl (C=O) groups is 1. The van der Waals surface area contributed by atoms with Crippen molar-refractivity contribution in [2.45, 2.75) is 58.4 Å². The first-order valence-corrected chi connectivity index (χ1v) is 8.97. The molecule has 1 N–H and O–H groups in total. The first-order chi connectivity index (χ1) is 12.3. The van der Waals surface area contributed by atoms with Crippen LogP contribution in [0.2, 0.25) is 0 Å². The monoisotopic (exact) mass is 356 g/mol. The van der Waals surface area contributed by atoms with Crippen molar-refractivity contribution in [2.24, 2.45) is 10.6 Å². The Kier molecular flexibility index (Phi) is 4.64. The van der Waals surface area contributed by atoms with Crippen molar-refractivity contribution in [1.82, 2.24) is 9.66 Å². The molecule has 0 atom stereocenters. The number of nitrogens with one attached hydrogen (secondary N) is 1. The van der Waals surface area contributed by atoms with Gasteiger partial charge in [0, 0.05) is 5.41 Å². The minimum Gasteiger partial charge on any atom is -0.273 e. The summed E-state index contributed by atoms with van der Waals surface area (Å²) in [7, 11) is 0. The summed E-state index contributed by atoms with van der Waals surface area (Å²) in [5, 5.41) is 3.79. The number of para-hydroxylation sites is 1. The topological polar surface area (TPSA) is 93.4 Å². The number of hydrogen-bond donors (Lipinski definition) is 1. The number of benzene rings is 1. The van der Waals surface area contributed by atoms with Gasteiger partial charge in [0.25, 0.3) is 5.56 Å². The number of nitrogens with zero attached hydrogens (tertiary/aromatic N) is 3. The summed E-state index contributed by atoms with van der Waals surface area (Å²) in [6, 6.07) is 6.93. The molecule has 26 heavy (non-hydrogen) atoms. The maximum absolute atomic E-state index is 13.1. The van der Waals surface area contributed by atoms with Crippen molar-refractivity contribution < 1.29 is 4.79 Å². The van der Waals surface area contributed by atoms with Gasteiger partial charge in [0.1, 0.15) is 0 Å². The second kappa shape index (κ2) is 6.63. The molecule has 2 aromatic rings. The van der Waals surface area contributed by atoms with Gasteiger partial charge in [0.15, 0.2) is 11.4 Å². The van der Waals surface area contributed by atoms with Crippen LogP contribution in [0.4, 0.5) is 0 Å². The first kappa shape index (κ1) is 18.2. The maximum Gasteiger partial charge on any atom is 0.280 e. The van der Waals surface area contributed by atoms with Gasteiger partial charge in [-0.3, -0.25) is 15.0 Å². The van der Waals surface area contributed by atoms with Crippen LogP contribution in [-0.2, 0) is 10.3 Å². The number of hydrogen-bond acceptors (Lipinski definition) is 5. The lowest BCUT2D eigenvalue weighted by Crippen LogP contribution is -2.45. The summed E-state index contributed by atoms with van der Waals surface area (Å²) in [4.78, 5) is 42.1. The van der Waals surface area contributed by atoms with Crippen LogP contribution in [0.3, 0.4) is 0 Å². The molecule has 1 heterocycles. The zero-order valence-corrected chi connectivity index (χ0v) is 15.4. The van der Waals surface area contributed by atoms with E-state index >= 15 is 0 Å². The first-order valence-electron chi connectivity index (χ1n) is 8.97. The molecule has 1 saturated carbocycles. The molecule has 0 bridgehead atoms. The molecule has 1 aliphatic carbocycles. The third-order valence-corrected chi connectivity index (χ3v) is 4.94. The second-order valence-corrected chi connectivity index (χ2v) is 7.97. The summed E-state index contributed by atoms with van der Waals surface area (Å²) >= 11 is 0. The van der Waals surface area contributed by atoms with Crippen LogP contribution < -0.4 is 11.0 Å². The molecule has 7 nitrogen and oxygen atoms in total. The molecule has 7 heteroatoms. The second-order valence-electron chi connectivity index (χ2n) is 7.97. The molecule has 3 rings (SSSR count). The van der Waals surface area contributed by atoms with E-state index in [0.717, 1.165) is 23.9 Å². The maximum atomic E-state index is 13.1. The predicted molar refractivity (Wildman–Crippen MR) is 100 cm³/mol. The molecule has 1 aromatic heterocycles. The summed E-state index contributed by atoms with van der Waals surface area (Å²) in [6.45, 7) is 5.28. The van der Waals surface area contributed by atoms with Gasteiger partial charge in [-0.2, -0.15) is 4.68 Å². The smallest absolute Gasteiger partial charge is 0.273 e. The van der Waals surface area contributed by atoms with Crippen LogP contribution in [0, 0.1) is 10.3 Å². The summed E-state index contributed by atoms with van der Waals surface area (Å²) < 4.78 is 1.14. The number of nitroso groups, excluding NO2 is 1. The molecule has 0 aliphatic heterocycles. The Morgan fingerprint density at radius 1 is 1.19 bits per heavy atom. The highest BCUT2D eigenvalue weighted by Gasteiger charge is 2.41.